The van der Waals surface area contributed by atoms with Gasteiger partial charge in [-0.2, -0.15) is 11.3 Å². The Hall–Kier alpha value is -7.68. The Balaban J connectivity index is 1.33. The van der Waals surface area contributed by atoms with Crippen molar-refractivity contribution in [3.05, 3.63) is 183 Å². The molecule has 0 saturated heterocycles. The van der Waals surface area contributed by atoms with Gasteiger partial charge in [-0.15, -0.1) is 0 Å². The number of aromatic nitrogens is 4. The zero-order valence-electron chi connectivity index (χ0n) is 30.8. The number of nitrogens with zero attached hydrogens (tertiary/aromatic N) is 3. The van der Waals surface area contributed by atoms with Crippen LogP contribution in [0.2, 0.25) is 0 Å². The Morgan fingerprint density at radius 2 is 0.914 bits per heavy atom. The molecule has 0 atom stereocenters. The van der Waals surface area contributed by atoms with Crippen molar-refractivity contribution >= 4 is 84.9 Å². The molecule has 6 heterocycles. The first-order chi connectivity index (χ1) is 28.6. The molecule has 2 aliphatic heterocycles. The van der Waals surface area contributed by atoms with Gasteiger partial charge in [0.15, 0.2) is 0 Å². The maximum absolute atomic E-state index is 11.7. The van der Waals surface area contributed by atoms with E-state index >= 15 is 0 Å². The van der Waals surface area contributed by atoms with Crippen LogP contribution in [0, 0.1) is 10.1 Å². The van der Waals surface area contributed by atoms with Gasteiger partial charge < -0.3 is 9.97 Å². The smallest absolute Gasteiger partial charge is 0.269 e. The number of non-ortho nitro benzene ring substituents is 1. The predicted octanol–water partition coefficient (Wildman–Crippen LogP) is 13.6. The van der Waals surface area contributed by atoms with Gasteiger partial charge in [0.05, 0.1) is 27.7 Å². The molecule has 7 nitrogen and oxygen atoms in total. The largest absolute Gasteiger partial charge is 0.354 e. The van der Waals surface area contributed by atoms with Crippen LogP contribution in [-0.2, 0) is 0 Å². The van der Waals surface area contributed by atoms with Crippen molar-refractivity contribution in [2.45, 2.75) is 0 Å². The van der Waals surface area contributed by atoms with Crippen LogP contribution in [0.3, 0.4) is 0 Å². The lowest BCUT2D eigenvalue weighted by atomic mass is 9.97. The summed E-state index contributed by atoms with van der Waals surface area (Å²) in [7, 11) is 0. The van der Waals surface area contributed by atoms with Gasteiger partial charge in [0.25, 0.3) is 5.69 Å². The van der Waals surface area contributed by atoms with E-state index in [0.717, 1.165) is 111 Å². The van der Waals surface area contributed by atoms with Crippen LogP contribution < -0.4 is 0 Å². The summed E-state index contributed by atoms with van der Waals surface area (Å²) in [5.74, 6) is 0. The highest BCUT2D eigenvalue weighted by molar-refractivity contribution is 7.08. The SMILES string of the molecule is O=[N+]([O-])c1ccc(-c2c3nc(c(-c4cccc5ccccc45)c4ccc([nH]4)c(-c4ccsc4)c4nc(c(-c5cccc6ccccc56)c5ccc2[nH]5)C=C4)C=C3)cc1. The summed E-state index contributed by atoms with van der Waals surface area (Å²) < 4.78 is 0. The van der Waals surface area contributed by atoms with Gasteiger partial charge in [0, 0.05) is 56.5 Å². The molecule has 9 aromatic rings. The van der Waals surface area contributed by atoms with E-state index in [1.54, 1.807) is 35.6 Å². The quantitative estimate of drug-likeness (QED) is 0.135. The number of nitrogens with one attached hydrogen (secondary N) is 2. The molecule has 58 heavy (non-hydrogen) atoms. The van der Waals surface area contributed by atoms with Gasteiger partial charge in [-0.25, -0.2) is 9.97 Å². The fraction of sp³-hybridized carbons (Fsp3) is 0. The Bertz CT molecular complexity index is 3290. The van der Waals surface area contributed by atoms with Gasteiger partial charge in [0.1, 0.15) is 0 Å². The first-order valence-corrected chi connectivity index (χ1v) is 19.9. The normalized spacial score (nSPS) is 12.1. The van der Waals surface area contributed by atoms with Gasteiger partial charge >= 0.3 is 0 Å². The first kappa shape index (κ1) is 33.6. The molecule has 0 aliphatic carbocycles. The van der Waals surface area contributed by atoms with Gasteiger partial charge in [-0.05, 0) is 121 Å². The van der Waals surface area contributed by atoms with Crippen molar-refractivity contribution in [3.63, 3.8) is 0 Å². The molecule has 8 bridgehead atoms. The van der Waals surface area contributed by atoms with E-state index in [4.69, 9.17) is 9.97 Å². The average molecular weight is 766 g/mol. The summed E-state index contributed by atoms with van der Waals surface area (Å²) >= 11 is 1.66. The summed E-state index contributed by atoms with van der Waals surface area (Å²) in [6.45, 7) is 0. The molecule has 2 N–H and O–H groups in total. The first-order valence-electron chi connectivity index (χ1n) is 19.0. The van der Waals surface area contributed by atoms with E-state index in [2.05, 4.69) is 154 Å². The van der Waals surface area contributed by atoms with E-state index < -0.39 is 0 Å². The van der Waals surface area contributed by atoms with Gasteiger partial charge in [-0.1, -0.05) is 84.9 Å². The molecule has 0 amide bonds. The van der Waals surface area contributed by atoms with Crippen LogP contribution in [0.1, 0.15) is 22.8 Å². The van der Waals surface area contributed by atoms with Crippen LogP contribution in [0.4, 0.5) is 5.69 Å². The monoisotopic (exact) mass is 765 g/mol. The molecule has 5 aromatic carbocycles. The number of H-pyrrole nitrogens is 2. The van der Waals surface area contributed by atoms with Crippen molar-refractivity contribution in [2.24, 2.45) is 0 Å². The number of aromatic amines is 2. The molecular formula is C50H31N5O2S. The number of thiophene rings is 1. The maximum Gasteiger partial charge on any atom is 0.269 e. The number of fused-ring (bicyclic) bond motifs is 10. The van der Waals surface area contributed by atoms with Crippen LogP contribution in [-0.4, -0.2) is 24.9 Å². The third kappa shape index (κ3) is 5.57. The number of benzene rings is 5. The minimum absolute atomic E-state index is 0.0262. The second kappa shape index (κ2) is 13.5. The van der Waals surface area contributed by atoms with E-state index in [1.165, 1.54) is 0 Å². The topological polar surface area (TPSA) is 100 Å². The van der Waals surface area contributed by atoms with Crippen molar-refractivity contribution < 1.29 is 4.92 Å². The fourth-order valence-corrected chi connectivity index (χ4v) is 9.07. The number of hydrogen-bond acceptors (Lipinski definition) is 5. The molecule has 0 unspecified atom stereocenters. The number of hydrogen-bond donors (Lipinski definition) is 2. The molecule has 0 saturated carbocycles. The van der Waals surface area contributed by atoms with E-state index in [-0.39, 0.29) is 10.6 Å². The molecule has 274 valence electrons. The van der Waals surface area contributed by atoms with Crippen molar-refractivity contribution in [2.75, 3.05) is 0 Å². The summed E-state index contributed by atoms with van der Waals surface area (Å²) in [6, 6.07) is 46.9. The molecule has 0 radical (unpaired) electrons. The second-order valence-corrected chi connectivity index (χ2v) is 15.2. The highest BCUT2D eigenvalue weighted by atomic mass is 32.1. The lowest BCUT2D eigenvalue weighted by Crippen LogP contribution is -1.91. The van der Waals surface area contributed by atoms with Crippen LogP contribution >= 0.6 is 11.3 Å². The Morgan fingerprint density at radius 3 is 1.40 bits per heavy atom. The van der Waals surface area contributed by atoms with Crippen LogP contribution in [0.15, 0.2) is 150 Å². The number of nitro groups is 1. The zero-order chi connectivity index (χ0) is 38.7. The van der Waals surface area contributed by atoms with Gasteiger partial charge in [0.2, 0.25) is 0 Å². The van der Waals surface area contributed by atoms with E-state index in [0.29, 0.717) is 0 Å². The minimum atomic E-state index is -0.372. The number of nitro benzene ring substituents is 1. The van der Waals surface area contributed by atoms with Crippen molar-refractivity contribution in [1.82, 2.24) is 19.9 Å². The Kier molecular flexibility index (Phi) is 7.84. The summed E-state index contributed by atoms with van der Waals surface area (Å²) in [6.07, 6.45) is 8.34. The predicted molar refractivity (Wildman–Crippen MR) is 240 cm³/mol. The molecular weight excluding hydrogens is 735 g/mol. The fourth-order valence-electron chi connectivity index (χ4n) is 8.42. The number of rotatable bonds is 5. The highest BCUT2D eigenvalue weighted by Gasteiger charge is 2.21. The molecule has 4 aromatic heterocycles. The summed E-state index contributed by atoms with van der Waals surface area (Å²) in [5, 5.41) is 20.5. The Morgan fingerprint density at radius 1 is 0.466 bits per heavy atom. The molecule has 0 fully saturated rings. The van der Waals surface area contributed by atoms with E-state index in [1.807, 2.05) is 6.08 Å². The van der Waals surface area contributed by atoms with Crippen molar-refractivity contribution in [3.8, 4) is 44.5 Å². The Labute approximate surface area is 336 Å². The molecule has 0 spiro atoms. The third-order valence-electron chi connectivity index (χ3n) is 11.0. The maximum atomic E-state index is 11.7. The van der Waals surface area contributed by atoms with Crippen LogP contribution in [0.5, 0.6) is 0 Å². The highest BCUT2D eigenvalue weighted by Crippen LogP contribution is 2.41. The summed E-state index contributed by atoms with van der Waals surface area (Å²) in [4.78, 5) is 29.9. The van der Waals surface area contributed by atoms with Crippen molar-refractivity contribution in [1.29, 1.82) is 0 Å². The lowest BCUT2D eigenvalue weighted by molar-refractivity contribution is -0.384. The summed E-state index contributed by atoms with van der Waals surface area (Å²) in [5.41, 5.74) is 14.6. The van der Waals surface area contributed by atoms with Gasteiger partial charge in [-0.3, -0.25) is 10.1 Å². The molecule has 8 heteroatoms. The minimum Gasteiger partial charge on any atom is -0.354 e. The average Bonchev–Trinajstić information content (AvgIpc) is 4.12. The third-order valence-corrected chi connectivity index (χ3v) is 11.7. The standard InChI is InChI=1S/C50H31N5O2S/c56-55(57)34-17-15-32(16-18-34)47-39-19-23-43(51-39)49(37-13-5-9-30-7-1-3-11-35(30)37)45-25-21-41(53-45)48(33-27-28-58-29-33)42-22-26-46(54-42)50(44-24-20-40(47)52-44)38-14-6-10-31-8-2-4-12-36(31)38/h1-29,51,54H. The zero-order valence-corrected chi connectivity index (χ0v) is 31.6. The van der Waals surface area contributed by atoms with E-state index in [9.17, 15) is 10.1 Å². The van der Waals surface area contributed by atoms with Crippen LogP contribution in [0.25, 0.3) is 112 Å². The molecule has 2 aliphatic rings. The lowest BCUT2D eigenvalue weighted by Gasteiger charge is -2.09. The molecule has 11 rings (SSSR count). The second-order valence-electron chi connectivity index (χ2n) is 14.4.